The van der Waals surface area contributed by atoms with Crippen LogP contribution in [0.25, 0.3) is 0 Å². The Labute approximate surface area is 100 Å². The molecule has 2 nitrogen and oxygen atoms in total. The van der Waals surface area contributed by atoms with Crippen molar-refractivity contribution in [2.75, 3.05) is 0 Å². The highest BCUT2D eigenvalue weighted by molar-refractivity contribution is 5.01. The topological polar surface area (TPSA) is 17.8 Å². The SMILES string of the molecule is CCCCCCCCn1cc(C)nc1CC. The van der Waals surface area contributed by atoms with Gasteiger partial charge in [-0.05, 0) is 13.3 Å². The average Bonchev–Trinajstić information content (AvgIpc) is 2.64. The molecule has 0 N–H and O–H groups in total. The lowest BCUT2D eigenvalue weighted by Gasteiger charge is -2.05. The van der Waals surface area contributed by atoms with Crippen molar-refractivity contribution in [3.8, 4) is 0 Å². The van der Waals surface area contributed by atoms with E-state index in [-0.39, 0.29) is 0 Å². The molecule has 1 aromatic heterocycles. The van der Waals surface area contributed by atoms with Crippen molar-refractivity contribution < 1.29 is 0 Å². The summed E-state index contributed by atoms with van der Waals surface area (Å²) in [5.74, 6) is 1.24. The van der Waals surface area contributed by atoms with Gasteiger partial charge in [0, 0.05) is 19.2 Å². The van der Waals surface area contributed by atoms with E-state index in [1.54, 1.807) is 0 Å². The molecule has 1 rings (SSSR count). The summed E-state index contributed by atoms with van der Waals surface area (Å²) >= 11 is 0. The van der Waals surface area contributed by atoms with E-state index in [1.807, 2.05) is 0 Å². The maximum atomic E-state index is 4.52. The third kappa shape index (κ3) is 4.38. The van der Waals surface area contributed by atoms with Crippen LogP contribution in [0.15, 0.2) is 6.20 Å². The molecule has 16 heavy (non-hydrogen) atoms. The lowest BCUT2D eigenvalue weighted by atomic mass is 10.1. The van der Waals surface area contributed by atoms with Gasteiger partial charge in [0.1, 0.15) is 5.82 Å². The van der Waals surface area contributed by atoms with Crippen LogP contribution in [-0.2, 0) is 13.0 Å². The summed E-state index contributed by atoms with van der Waals surface area (Å²) in [6, 6.07) is 0. The molecule has 0 unspecified atom stereocenters. The van der Waals surface area contributed by atoms with Crippen molar-refractivity contribution in [3.05, 3.63) is 17.7 Å². The molecule has 0 aliphatic heterocycles. The van der Waals surface area contributed by atoms with E-state index in [2.05, 4.69) is 36.5 Å². The number of aryl methyl sites for hydroxylation is 3. The monoisotopic (exact) mass is 222 g/mol. The number of nitrogens with zero attached hydrogens (tertiary/aromatic N) is 2. The summed E-state index contributed by atoms with van der Waals surface area (Å²) in [6.45, 7) is 7.67. The Morgan fingerprint density at radius 1 is 1.06 bits per heavy atom. The van der Waals surface area contributed by atoms with Gasteiger partial charge >= 0.3 is 0 Å². The van der Waals surface area contributed by atoms with Crippen LogP contribution in [0.2, 0.25) is 0 Å². The van der Waals surface area contributed by atoms with Crippen LogP contribution in [0.3, 0.4) is 0 Å². The van der Waals surface area contributed by atoms with Gasteiger partial charge in [-0.15, -0.1) is 0 Å². The number of imidazole rings is 1. The van der Waals surface area contributed by atoms with Gasteiger partial charge in [0.2, 0.25) is 0 Å². The summed E-state index contributed by atoms with van der Waals surface area (Å²) in [5.41, 5.74) is 1.16. The molecule has 0 radical (unpaired) electrons. The second-order valence-corrected chi connectivity index (χ2v) is 4.61. The first-order valence-electron chi connectivity index (χ1n) is 6.80. The van der Waals surface area contributed by atoms with Gasteiger partial charge in [-0.2, -0.15) is 0 Å². The normalized spacial score (nSPS) is 10.9. The van der Waals surface area contributed by atoms with Crippen molar-refractivity contribution in [2.45, 2.75) is 72.3 Å². The quantitative estimate of drug-likeness (QED) is 0.605. The van der Waals surface area contributed by atoms with Gasteiger partial charge in [0.15, 0.2) is 0 Å². The summed E-state index contributed by atoms with van der Waals surface area (Å²) in [4.78, 5) is 4.52. The predicted molar refractivity (Wildman–Crippen MR) is 69.7 cm³/mol. The second kappa shape index (κ2) is 7.48. The number of unbranched alkanes of at least 4 members (excludes halogenated alkanes) is 5. The average molecular weight is 222 g/mol. The zero-order valence-electron chi connectivity index (χ0n) is 11.1. The molecule has 1 aromatic rings. The molecule has 0 spiro atoms. The van der Waals surface area contributed by atoms with E-state index < -0.39 is 0 Å². The molecule has 0 saturated carbocycles. The van der Waals surface area contributed by atoms with E-state index in [4.69, 9.17) is 0 Å². The predicted octanol–water partition coefficient (Wildman–Crippen LogP) is 4.11. The number of rotatable bonds is 8. The largest absolute Gasteiger partial charge is 0.335 e. The highest BCUT2D eigenvalue weighted by Crippen LogP contribution is 2.09. The van der Waals surface area contributed by atoms with E-state index in [1.165, 1.54) is 44.3 Å². The van der Waals surface area contributed by atoms with Gasteiger partial charge in [-0.1, -0.05) is 46.0 Å². The summed E-state index contributed by atoms with van der Waals surface area (Å²) < 4.78 is 2.33. The third-order valence-corrected chi connectivity index (χ3v) is 3.05. The molecule has 1 heterocycles. The Morgan fingerprint density at radius 3 is 2.44 bits per heavy atom. The molecule has 2 heteroatoms. The highest BCUT2D eigenvalue weighted by atomic mass is 15.1. The first-order valence-corrected chi connectivity index (χ1v) is 6.80. The molecule has 0 atom stereocenters. The van der Waals surface area contributed by atoms with Gasteiger partial charge in [0.25, 0.3) is 0 Å². The van der Waals surface area contributed by atoms with Crippen LogP contribution in [0.5, 0.6) is 0 Å². The Balaban J connectivity index is 2.21. The van der Waals surface area contributed by atoms with Gasteiger partial charge in [-0.3, -0.25) is 0 Å². The smallest absolute Gasteiger partial charge is 0.108 e. The summed E-state index contributed by atoms with van der Waals surface area (Å²) in [7, 11) is 0. The first-order chi connectivity index (χ1) is 7.77. The molecule has 0 amide bonds. The number of aromatic nitrogens is 2. The molecule has 0 bridgehead atoms. The van der Waals surface area contributed by atoms with Crippen molar-refractivity contribution in [1.29, 1.82) is 0 Å². The van der Waals surface area contributed by atoms with Crippen LogP contribution in [0.4, 0.5) is 0 Å². The zero-order chi connectivity index (χ0) is 11.8. The standard InChI is InChI=1S/C14H26N2/c1-4-6-7-8-9-10-11-16-12-13(3)15-14(16)5-2/h12H,4-11H2,1-3H3. The number of hydrogen-bond donors (Lipinski definition) is 0. The van der Waals surface area contributed by atoms with Crippen molar-refractivity contribution in [2.24, 2.45) is 0 Å². The lowest BCUT2D eigenvalue weighted by molar-refractivity contribution is 0.547. The molecule has 0 aromatic carbocycles. The highest BCUT2D eigenvalue weighted by Gasteiger charge is 2.02. The van der Waals surface area contributed by atoms with Crippen LogP contribution in [-0.4, -0.2) is 9.55 Å². The van der Waals surface area contributed by atoms with E-state index in [9.17, 15) is 0 Å². The van der Waals surface area contributed by atoms with Crippen LogP contribution in [0, 0.1) is 6.92 Å². The van der Waals surface area contributed by atoms with E-state index in [0.717, 1.165) is 18.7 Å². The number of hydrogen-bond acceptors (Lipinski definition) is 1. The van der Waals surface area contributed by atoms with Crippen molar-refractivity contribution in [3.63, 3.8) is 0 Å². The molecule has 0 fully saturated rings. The maximum Gasteiger partial charge on any atom is 0.108 e. The second-order valence-electron chi connectivity index (χ2n) is 4.61. The minimum absolute atomic E-state index is 1.05. The minimum Gasteiger partial charge on any atom is -0.335 e. The molecular formula is C14H26N2. The van der Waals surface area contributed by atoms with Gasteiger partial charge in [0.05, 0.1) is 5.69 Å². The van der Waals surface area contributed by atoms with Gasteiger partial charge < -0.3 is 4.57 Å². The first kappa shape index (κ1) is 13.3. The van der Waals surface area contributed by atoms with Crippen LogP contribution < -0.4 is 0 Å². The minimum atomic E-state index is 1.05. The summed E-state index contributed by atoms with van der Waals surface area (Å²) in [5, 5.41) is 0. The zero-order valence-corrected chi connectivity index (χ0v) is 11.1. The van der Waals surface area contributed by atoms with E-state index in [0.29, 0.717) is 0 Å². The van der Waals surface area contributed by atoms with Crippen LogP contribution in [0.1, 0.15) is 63.9 Å². The summed E-state index contributed by atoms with van der Waals surface area (Å²) in [6.07, 6.45) is 11.4. The Kier molecular flexibility index (Phi) is 6.20. The molecule has 0 aliphatic carbocycles. The molecule has 92 valence electrons. The molecule has 0 aliphatic rings. The van der Waals surface area contributed by atoms with Crippen LogP contribution >= 0.6 is 0 Å². The third-order valence-electron chi connectivity index (χ3n) is 3.05. The van der Waals surface area contributed by atoms with E-state index >= 15 is 0 Å². The molecule has 0 saturated heterocycles. The van der Waals surface area contributed by atoms with Crippen molar-refractivity contribution >= 4 is 0 Å². The fourth-order valence-electron chi connectivity index (χ4n) is 2.13. The fraction of sp³-hybridized carbons (Fsp3) is 0.786. The van der Waals surface area contributed by atoms with Crippen molar-refractivity contribution in [1.82, 2.24) is 9.55 Å². The fourth-order valence-corrected chi connectivity index (χ4v) is 2.13. The Bertz CT molecular complexity index is 289. The maximum absolute atomic E-state index is 4.52. The molecular weight excluding hydrogens is 196 g/mol. The Morgan fingerprint density at radius 2 is 1.75 bits per heavy atom. The van der Waals surface area contributed by atoms with Gasteiger partial charge in [-0.25, -0.2) is 4.98 Å². The lowest BCUT2D eigenvalue weighted by Crippen LogP contribution is -2.01. The Hall–Kier alpha value is -0.790.